The van der Waals surface area contributed by atoms with E-state index in [1.165, 1.54) is 0 Å². The normalized spacial score (nSPS) is 14.5. The minimum atomic E-state index is -5.97. The van der Waals surface area contributed by atoms with Crippen molar-refractivity contribution in [2.24, 2.45) is 0 Å². The van der Waals surface area contributed by atoms with Crippen LogP contribution < -0.4 is 11.0 Å². The quantitative estimate of drug-likeness (QED) is 0.485. The van der Waals surface area contributed by atoms with E-state index in [-0.39, 0.29) is 6.15 Å². The van der Waals surface area contributed by atoms with Crippen molar-refractivity contribution in [2.75, 3.05) is 13.2 Å². The molecule has 0 unspecified atom stereocenters. The summed E-state index contributed by atoms with van der Waals surface area (Å²) < 4.78 is 138. The summed E-state index contributed by atoms with van der Waals surface area (Å²) in [5.41, 5.74) is 0. The number of alkyl halides is 10. The maximum atomic E-state index is 12.4. The van der Waals surface area contributed by atoms with Crippen LogP contribution >= 0.6 is 7.82 Å². The average molecular weight is 407 g/mol. The van der Waals surface area contributed by atoms with Gasteiger partial charge in [0.25, 0.3) is 7.82 Å². The largest absolute Gasteiger partial charge is 0.756 e. The summed E-state index contributed by atoms with van der Waals surface area (Å²) in [7, 11) is -5.62. The predicted octanol–water partition coefficient (Wildman–Crippen LogP) is 4.04. The van der Waals surface area contributed by atoms with Gasteiger partial charge in [-0.05, 0) is 0 Å². The first-order valence-corrected chi connectivity index (χ1v) is 6.87. The van der Waals surface area contributed by atoms with Crippen LogP contribution in [0.15, 0.2) is 0 Å². The molecule has 0 rings (SSSR count). The van der Waals surface area contributed by atoms with Gasteiger partial charge in [0.05, 0.1) is 13.2 Å². The third kappa shape index (κ3) is 7.96. The number of phosphoric ester groups is 1. The number of hydrogen-bond donors (Lipinski definition) is 1. The van der Waals surface area contributed by atoms with Gasteiger partial charge < -0.3 is 20.1 Å². The molecule has 24 heavy (non-hydrogen) atoms. The lowest BCUT2D eigenvalue weighted by molar-refractivity contribution is -0.290. The molecule has 0 aromatic rings. The van der Waals surface area contributed by atoms with E-state index in [9.17, 15) is 53.4 Å². The second-order valence-electron chi connectivity index (χ2n) is 4.02. The number of quaternary nitrogens is 1. The molecule has 16 heteroatoms. The Bertz CT molecular complexity index is 402. The molecule has 0 aromatic carbocycles. The van der Waals surface area contributed by atoms with Gasteiger partial charge in [-0.1, -0.05) is 0 Å². The van der Waals surface area contributed by atoms with E-state index in [1.807, 2.05) is 0 Å². The molecule has 0 aromatic heterocycles. The minimum Gasteiger partial charge on any atom is -0.756 e. The van der Waals surface area contributed by atoms with Gasteiger partial charge in [0.2, 0.25) is 0 Å². The van der Waals surface area contributed by atoms with Crippen LogP contribution in [0.2, 0.25) is 0 Å². The average Bonchev–Trinajstić information content (AvgIpc) is 2.24. The van der Waals surface area contributed by atoms with E-state index >= 15 is 0 Å². The van der Waals surface area contributed by atoms with Gasteiger partial charge in [0.1, 0.15) is 0 Å². The lowest BCUT2D eigenvalue weighted by Gasteiger charge is -2.26. The summed E-state index contributed by atoms with van der Waals surface area (Å²) in [6.45, 7) is -3.44. The monoisotopic (exact) mass is 407 g/mol. The molecule has 0 heterocycles. The molecule has 0 amide bonds. The van der Waals surface area contributed by atoms with Crippen molar-refractivity contribution in [3.05, 3.63) is 0 Å². The molecule has 4 N–H and O–H groups in total. The van der Waals surface area contributed by atoms with E-state index in [1.54, 1.807) is 0 Å². The van der Waals surface area contributed by atoms with Crippen LogP contribution in [0.5, 0.6) is 0 Å². The highest BCUT2D eigenvalue weighted by molar-refractivity contribution is 7.45. The molecule has 0 fully saturated rings. The highest BCUT2D eigenvalue weighted by atomic mass is 31.2. The summed E-state index contributed by atoms with van der Waals surface area (Å²) in [6, 6.07) is 0. The Kier molecular flexibility index (Phi) is 8.71. The molecule has 0 bridgehead atoms. The first kappa shape index (κ1) is 25.6. The zero-order valence-corrected chi connectivity index (χ0v) is 12.6. The molecular formula is C8H12F10NO4P. The molecule has 0 spiro atoms. The Morgan fingerprint density at radius 2 is 0.958 bits per heavy atom. The Morgan fingerprint density at radius 3 is 1.17 bits per heavy atom. The van der Waals surface area contributed by atoms with E-state index in [4.69, 9.17) is 0 Å². The summed E-state index contributed by atoms with van der Waals surface area (Å²) >= 11 is 0. The van der Waals surface area contributed by atoms with Gasteiger partial charge in [-0.2, -0.15) is 43.9 Å². The second-order valence-corrected chi connectivity index (χ2v) is 5.43. The number of phosphoric acid groups is 1. The molecule has 0 radical (unpaired) electrons. The van der Waals surface area contributed by atoms with Gasteiger partial charge in [0.15, 0.2) is 0 Å². The standard InChI is InChI=1S/C8H9F10O4P.H3N/c9-5(10,7(13,14)15)1-3-21-23(19,20)22-4-2-6(11,12)8(16,17)18;/h1-4H2,(H,19,20);1H3. The van der Waals surface area contributed by atoms with E-state index in [2.05, 4.69) is 9.05 Å². The van der Waals surface area contributed by atoms with Crippen LogP contribution in [0.25, 0.3) is 0 Å². The van der Waals surface area contributed by atoms with Crippen molar-refractivity contribution < 1.29 is 62.4 Å². The van der Waals surface area contributed by atoms with Crippen LogP contribution in [0.4, 0.5) is 43.9 Å². The lowest BCUT2D eigenvalue weighted by atomic mass is 10.2. The minimum absolute atomic E-state index is 0. The van der Waals surface area contributed by atoms with Crippen LogP contribution in [0.3, 0.4) is 0 Å². The van der Waals surface area contributed by atoms with Gasteiger partial charge in [-0.3, -0.25) is 4.57 Å². The van der Waals surface area contributed by atoms with Gasteiger partial charge in [-0.25, -0.2) is 0 Å². The number of hydrogen-bond acceptors (Lipinski definition) is 4. The van der Waals surface area contributed by atoms with E-state index in [0.717, 1.165) is 0 Å². The van der Waals surface area contributed by atoms with Crippen LogP contribution in [-0.4, -0.2) is 37.4 Å². The summed E-state index contributed by atoms with van der Waals surface area (Å²) in [5, 5.41) is 0. The van der Waals surface area contributed by atoms with Gasteiger partial charge in [0, 0.05) is 12.8 Å². The molecule has 0 saturated heterocycles. The van der Waals surface area contributed by atoms with Crippen molar-refractivity contribution >= 4 is 7.82 Å². The first-order chi connectivity index (χ1) is 9.91. The molecule has 0 aliphatic rings. The highest BCUT2D eigenvalue weighted by Gasteiger charge is 2.57. The van der Waals surface area contributed by atoms with E-state index in [0.29, 0.717) is 0 Å². The lowest BCUT2D eigenvalue weighted by Crippen LogP contribution is -2.38. The van der Waals surface area contributed by atoms with Crippen LogP contribution in [0.1, 0.15) is 12.8 Å². The molecule has 0 atom stereocenters. The SMILES string of the molecule is O=P([O-])(OCCC(F)(F)C(F)(F)F)OCCC(F)(F)C(F)(F)F.[NH4+]. The van der Waals surface area contributed by atoms with Crippen molar-refractivity contribution in [3.8, 4) is 0 Å². The number of halogens is 10. The maximum Gasteiger partial charge on any atom is 0.453 e. The fourth-order valence-electron chi connectivity index (χ4n) is 0.892. The van der Waals surface area contributed by atoms with Gasteiger partial charge in [-0.15, -0.1) is 0 Å². The fourth-order valence-corrected chi connectivity index (χ4v) is 1.60. The van der Waals surface area contributed by atoms with E-state index < -0.39 is 58.1 Å². The summed E-state index contributed by atoms with van der Waals surface area (Å²) in [5.74, 6) is -10.6. The third-order valence-electron chi connectivity index (χ3n) is 2.16. The van der Waals surface area contributed by atoms with Crippen LogP contribution in [-0.2, 0) is 13.6 Å². The summed E-state index contributed by atoms with van der Waals surface area (Å²) in [6.07, 6.45) is -16.2. The fraction of sp³-hybridized carbons (Fsp3) is 1.00. The Balaban J connectivity index is 0. The molecular weight excluding hydrogens is 395 g/mol. The highest BCUT2D eigenvalue weighted by Crippen LogP contribution is 2.44. The van der Waals surface area contributed by atoms with Crippen LogP contribution in [0, 0.1) is 0 Å². The molecule has 0 aliphatic carbocycles. The van der Waals surface area contributed by atoms with Crippen molar-refractivity contribution in [3.63, 3.8) is 0 Å². The Labute approximate surface area is 128 Å². The number of rotatable bonds is 8. The molecule has 148 valence electrons. The third-order valence-corrected chi connectivity index (χ3v) is 3.16. The zero-order valence-electron chi connectivity index (χ0n) is 11.7. The molecule has 0 aliphatic heterocycles. The van der Waals surface area contributed by atoms with Crippen molar-refractivity contribution in [2.45, 2.75) is 37.0 Å². The predicted molar refractivity (Wildman–Crippen MR) is 56.7 cm³/mol. The smallest absolute Gasteiger partial charge is 0.453 e. The Hall–Kier alpha value is -0.630. The topological polar surface area (TPSA) is 95.1 Å². The maximum absolute atomic E-state index is 12.4. The van der Waals surface area contributed by atoms with Crippen molar-refractivity contribution in [1.29, 1.82) is 0 Å². The first-order valence-electron chi connectivity index (χ1n) is 5.40. The van der Waals surface area contributed by atoms with Gasteiger partial charge >= 0.3 is 24.2 Å². The molecule has 0 saturated carbocycles. The second kappa shape index (κ2) is 8.17. The molecule has 5 nitrogen and oxygen atoms in total. The zero-order chi connectivity index (χ0) is 18.7. The Morgan fingerprint density at radius 1 is 0.708 bits per heavy atom. The van der Waals surface area contributed by atoms with Crippen molar-refractivity contribution in [1.82, 2.24) is 6.15 Å². The summed E-state index contributed by atoms with van der Waals surface area (Å²) in [4.78, 5) is 10.8.